The summed E-state index contributed by atoms with van der Waals surface area (Å²) >= 11 is 5.09. The van der Waals surface area contributed by atoms with Gasteiger partial charge in [-0.2, -0.15) is 0 Å². The van der Waals surface area contributed by atoms with Crippen LogP contribution >= 0.6 is 27.7 Å². The number of rotatable bonds is 8. The molecule has 19 heavy (non-hydrogen) atoms. The van der Waals surface area contributed by atoms with Crippen molar-refractivity contribution in [3.8, 4) is 0 Å². The number of halogens is 1. The molecule has 1 N–H and O–H groups in total. The molecule has 0 aliphatic carbocycles. The van der Waals surface area contributed by atoms with E-state index >= 15 is 0 Å². The molecule has 1 rings (SSSR count). The van der Waals surface area contributed by atoms with Crippen LogP contribution in [0.2, 0.25) is 0 Å². The van der Waals surface area contributed by atoms with Crippen molar-refractivity contribution in [2.75, 3.05) is 19.4 Å². The fraction of sp³-hybridized carbons (Fsp3) is 0.538. The third kappa shape index (κ3) is 5.93. The van der Waals surface area contributed by atoms with E-state index in [9.17, 15) is 4.79 Å². The number of esters is 1. The number of hydrogen-bond donors (Lipinski definition) is 1. The highest BCUT2D eigenvalue weighted by atomic mass is 79.9. The average molecular weight is 347 g/mol. The lowest BCUT2D eigenvalue weighted by Gasteiger charge is -2.15. The van der Waals surface area contributed by atoms with Crippen molar-refractivity contribution in [1.29, 1.82) is 0 Å². The van der Waals surface area contributed by atoms with Gasteiger partial charge in [-0.3, -0.25) is 4.79 Å². The van der Waals surface area contributed by atoms with Crippen molar-refractivity contribution < 1.29 is 9.53 Å². The quantitative estimate of drug-likeness (QED) is 0.579. The Hall–Kier alpha value is -0.590. The van der Waals surface area contributed by atoms with E-state index in [4.69, 9.17) is 4.74 Å². The van der Waals surface area contributed by atoms with E-state index < -0.39 is 0 Å². The Morgan fingerprint density at radius 1 is 1.63 bits per heavy atom. The van der Waals surface area contributed by atoms with Crippen LogP contribution in [0.4, 0.5) is 0 Å². The largest absolute Gasteiger partial charge is 0.468 e. The third-order valence-corrected chi connectivity index (χ3v) is 4.44. The molecule has 1 aromatic heterocycles. The summed E-state index contributed by atoms with van der Waals surface area (Å²) in [5.74, 6) is 0.612. The minimum Gasteiger partial charge on any atom is -0.468 e. The maximum absolute atomic E-state index is 11.6. The third-order valence-electron chi connectivity index (χ3n) is 2.50. The summed E-state index contributed by atoms with van der Waals surface area (Å²) in [5, 5.41) is 4.15. The molecule has 0 aliphatic heterocycles. The summed E-state index contributed by atoms with van der Waals surface area (Å²) in [5.41, 5.74) is 0. The predicted molar refractivity (Wildman–Crippen MR) is 81.4 cm³/mol. The lowest BCUT2D eigenvalue weighted by molar-refractivity contribution is -0.143. The first-order chi connectivity index (χ1) is 9.19. The Balaban J connectivity index is 2.43. The van der Waals surface area contributed by atoms with Gasteiger partial charge in [-0.1, -0.05) is 6.92 Å². The van der Waals surface area contributed by atoms with Crippen molar-refractivity contribution in [3.05, 3.63) is 22.8 Å². The Morgan fingerprint density at radius 3 is 3.05 bits per heavy atom. The fourth-order valence-electron chi connectivity index (χ4n) is 1.51. The highest BCUT2D eigenvalue weighted by Gasteiger charge is 2.17. The zero-order valence-corrected chi connectivity index (χ0v) is 13.6. The van der Waals surface area contributed by atoms with Gasteiger partial charge in [0.15, 0.2) is 0 Å². The first-order valence-corrected chi connectivity index (χ1v) is 8.01. The second-order valence-electron chi connectivity index (χ2n) is 3.96. The van der Waals surface area contributed by atoms with Crippen LogP contribution in [-0.2, 0) is 9.53 Å². The average Bonchev–Trinajstić information content (AvgIpc) is 2.43. The Bertz CT molecular complexity index is 404. The van der Waals surface area contributed by atoms with Crippen LogP contribution in [0.25, 0.3) is 0 Å². The lowest BCUT2D eigenvalue weighted by atomic mass is 10.2. The zero-order chi connectivity index (χ0) is 14.1. The van der Waals surface area contributed by atoms with Gasteiger partial charge in [0.1, 0.15) is 11.1 Å². The molecule has 0 saturated heterocycles. The summed E-state index contributed by atoms with van der Waals surface area (Å²) in [6, 6.07) is 3.61. The van der Waals surface area contributed by atoms with Gasteiger partial charge in [0.25, 0.3) is 0 Å². The normalized spacial score (nSPS) is 12.2. The summed E-state index contributed by atoms with van der Waals surface area (Å²) in [7, 11) is 1.42. The standard InChI is InChI=1S/C13H19BrN2O2S/c1-3-7-15-11(13(17)18-2)6-9-19-12-10(14)5-4-8-16-12/h4-5,8,11,15H,3,6-7,9H2,1-2H3. The topological polar surface area (TPSA) is 51.2 Å². The lowest BCUT2D eigenvalue weighted by Crippen LogP contribution is -2.38. The molecule has 0 amide bonds. The van der Waals surface area contributed by atoms with Crippen LogP contribution in [-0.4, -0.2) is 36.4 Å². The molecule has 0 aromatic carbocycles. The molecule has 0 spiro atoms. The summed E-state index contributed by atoms with van der Waals surface area (Å²) in [4.78, 5) is 15.9. The van der Waals surface area contributed by atoms with Gasteiger partial charge in [0, 0.05) is 16.4 Å². The fourth-order valence-corrected chi connectivity index (χ4v) is 3.00. The number of hydrogen-bond acceptors (Lipinski definition) is 5. The second-order valence-corrected chi connectivity index (χ2v) is 5.90. The maximum Gasteiger partial charge on any atom is 0.322 e. The number of nitrogens with one attached hydrogen (secondary N) is 1. The predicted octanol–water partition coefficient (Wildman–Crippen LogP) is 2.87. The molecule has 1 atom stereocenters. The molecule has 106 valence electrons. The maximum atomic E-state index is 11.6. The van der Waals surface area contributed by atoms with Crippen molar-refractivity contribution in [3.63, 3.8) is 0 Å². The Kier molecular flexibility index (Phi) is 8.09. The molecule has 1 heterocycles. The Morgan fingerprint density at radius 2 is 2.42 bits per heavy atom. The van der Waals surface area contributed by atoms with E-state index in [1.165, 1.54) is 7.11 Å². The number of pyridine rings is 1. The Labute approximate surface area is 126 Å². The highest BCUT2D eigenvalue weighted by molar-refractivity contribution is 9.10. The van der Waals surface area contributed by atoms with E-state index in [1.807, 2.05) is 12.1 Å². The molecular weight excluding hydrogens is 328 g/mol. The van der Waals surface area contributed by atoms with E-state index in [2.05, 4.69) is 33.2 Å². The zero-order valence-electron chi connectivity index (χ0n) is 11.2. The number of ether oxygens (including phenoxy) is 1. The molecule has 0 aliphatic rings. The van der Waals surface area contributed by atoms with Gasteiger partial charge < -0.3 is 10.1 Å². The van der Waals surface area contributed by atoms with Gasteiger partial charge in [-0.15, -0.1) is 11.8 Å². The number of methoxy groups -OCH3 is 1. The van der Waals surface area contributed by atoms with Crippen molar-refractivity contribution >= 4 is 33.7 Å². The van der Waals surface area contributed by atoms with Gasteiger partial charge in [0.2, 0.25) is 0 Å². The number of carbonyl (C=O) groups is 1. The number of thioether (sulfide) groups is 1. The molecule has 0 radical (unpaired) electrons. The van der Waals surface area contributed by atoms with Crippen LogP contribution < -0.4 is 5.32 Å². The van der Waals surface area contributed by atoms with E-state index in [-0.39, 0.29) is 12.0 Å². The molecule has 0 saturated carbocycles. The van der Waals surface area contributed by atoms with E-state index in [1.54, 1.807) is 18.0 Å². The van der Waals surface area contributed by atoms with E-state index in [0.29, 0.717) is 0 Å². The minimum atomic E-state index is -0.236. The molecule has 0 fully saturated rings. The number of carbonyl (C=O) groups excluding carboxylic acids is 1. The molecule has 0 bridgehead atoms. The van der Waals surface area contributed by atoms with Crippen LogP contribution in [0.1, 0.15) is 19.8 Å². The molecular formula is C13H19BrN2O2S. The summed E-state index contributed by atoms with van der Waals surface area (Å²) in [6.07, 6.45) is 3.48. The summed E-state index contributed by atoms with van der Waals surface area (Å²) < 4.78 is 5.78. The first-order valence-electron chi connectivity index (χ1n) is 6.23. The monoisotopic (exact) mass is 346 g/mol. The van der Waals surface area contributed by atoms with Gasteiger partial charge in [-0.05, 0) is 47.4 Å². The molecule has 4 nitrogen and oxygen atoms in total. The second kappa shape index (κ2) is 9.34. The summed E-state index contributed by atoms with van der Waals surface area (Å²) in [6.45, 7) is 2.89. The van der Waals surface area contributed by atoms with Crippen LogP contribution in [0, 0.1) is 0 Å². The molecule has 1 unspecified atom stereocenters. The van der Waals surface area contributed by atoms with Crippen molar-refractivity contribution in [2.24, 2.45) is 0 Å². The molecule has 1 aromatic rings. The minimum absolute atomic E-state index is 0.200. The van der Waals surface area contributed by atoms with Crippen molar-refractivity contribution in [2.45, 2.75) is 30.8 Å². The van der Waals surface area contributed by atoms with E-state index in [0.717, 1.165) is 34.6 Å². The van der Waals surface area contributed by atoms with Crippen LogP contribution in [0.5, 0.6) is 0 Å². The van der Waals surface area contributed by atoms with Crippen LogP contribution in [0.3, 0.4) is 0 Å². The first kappa shape index (κ1) is 16.5. The van der Waals surface area contributed by atoms with Gasteiger partial charge in [0.05, 0.1) is 7.11 Å². The van der Waals surface area contributed by atoms with Crippen LogP contribution in [0.15, 0.2) is 27.8 Å². The number of nitrogens with zero attached hydrogens (tertiary/aromatic N) is 1. The SMILES string of the molecule is CCCNC(CCSc1ncccc1Br)C(=O)OC. The highest BCUT2D eigenvalue weighted by Crippen LogP contribution is 2.25. The van der Waals surface area contributed by atoms with Crippen molar-refractivity contribution in [1.82, 2.24) is 10.3 Å². The van der Waals surface area contributed by atoms with Gasteiger partial charge in [-0.25, -0.2) is 4.98 Å². The molecule has 6 heteroatoms. The van der Waals surface area contributed by atoms with Gasteiger partial charge >= 0.3 is 5.97 Å². The number of aromatic nitrogens is 1. The smallest absolute Gasteiger partial charge is 0.322 e.